The molecule has 0 atom stereocenters. The number of nitrogens with one attached hydrogen (secondary N) is 1. The molecule has 0 aromatic rings. The number of piperidine rings is 1. The average molecular weight is 256 g/mol. The van der Waals surface area contributed by atoms with E-state index in [9.17, 15) is 4.79 Å². The molecule has 106 valence electrons. The lowest BCUT2D eigenvalue weighted by molar-refractivity contribution is -0.130. The Morgan fingerprint density at radius 2 is 1.89 bits per heavy atom. The Hall–Kier alpha value is -0.610. The Morgan fingerprint density at radius 1 is 1.33 bits per heavy atom. The van der Waals surface area contributed by atoms with Crippen molar-refractivity contribution in [3.05, 3.63) is 0 Å². The van der Waals surface area contributed by atoms with E-state index in [1.165, 1.54) is 0 Å². The summed E-state index contributed by atoms with van der Waals surface area (Å²) in [5.74, 6) is -0.0196. The quantitative estimate of drug-likeness (QED) is 0.834. The van der Waals surface area contributed by atoms with Crippen LogP contribution in [0.5, 0.6) is 0 Å². The molecular weight excluding hydrogens is 228 g/mol. The number of carbonyl (C=O) groups excluding carboxylic acids is 1. The van der Waals surface area contributed by atoms with Crippen molar-refractivity contribution in [1.29, 1.82) is 0 Å². The minimum Gasteiger partial charge on any atom is -0.368 e. The van der Waals surface area contributed by atoms with Crippen molar-refractivity contribution in [1.82, 2.24) is 10.2 Å². The van der Waals surface area contributed by atoms with Crippen LogP contribution in [0, 0.1) is 0 Å². The van der Waals surface area contributed by atoms with E-state index in [0.29, 0.717) is 6.04 Å². The van der Waals surface area contributed by atoms with Gasteiger partial charge in [-0.05, 0) is 47.5 Å². The van der Waals surface area contributed by atoms with Crippen LogP contribution >= 0.6 is 0 Å². The first-order chi connectivity index (χ1) is 8.28. The number of likely N-dealkylation sites (tertiary alicyclic amines) is 1. The fraction of sp³-hybridized carbons (Fsp3) is 0.929. The number of hydrogen-bond donors (Lipinski definition) is 1. The van der Waals surface area contributed by atoms with Crippen molar-refractivity contribution in [2.24, 2.45) is 0 Å². The monoisotopic (exact) mass is 256 g/mol. The maximum atomic E-state index is 11.6. The van der Waals surface area contributed by atoms with Crippen LogP contribution in [0.4, 0.5) is 0 Å². The summed E-state index contributed by atoms with van der Waals surface area (Å²) in [7, 11) is 0. The molecule has 0 aliphatic carbocycles. The van der Waals surface area contributed by atoms with E-state index in [-0.39, 0.29) is 24.2 Å². The van der Waals surface area contributed by atoms with Crippen LogP contribution in [-0.2, 0) is 9.53 Å². The van der Waals surface area contributed by atoms with Gasteiger partial charge in [-0.15, -0.1) is 0 Å². The molecule has 4 nitrogen and oxygen atoms in total. The Kier molecular flexibility index (Phi) is 5.60. The van der Waals surface area contributed by atoms with Crippen molar-refractivity contribution in [3.63, 3.8) is 0 Å². The number of ether oxygens (including phenoxy) is 1. The van der Waals surface area contributed by atoms with Gasteiger partial charge in [0.05, 0.1) is 6.10 Å². The number of carbonyl (C=O) groups is 1. The van der Waals surface area contributed by atoms with Crippen molar-refractivity contribution in [2.75, 3.05) is 19.7 Å². The lowest BCUT2D eigenvalue weighted by atomic mass is 10.1. The van der Waals surface area contributed by atoms with Gasteiger partial charge in [0.2, 0.25) is 5.91 Å². The number of rotatable bonds is 4. The SMILES string of the molecule is CC(C)N1CCC(OCC(=O)NC(C)(C)C)CC1. The standard InChI is InChI=1S/C14H28N2O2/c1-11(2)16-8-6-12(7-9-16)18-10-13(17)15-14(3,4)5/h11-12H,6-10H2,1-5H3,(H,15,17). The first-order valence-corrected chi connectivity index (χ1v) is 6.94. The molecule has 0 aromatic carbocycles. The molecule has 1 heterocycles. The summed E-state index contributed by atoms with van der Waals surface area (Å²) in [6.45, 7) is 12.7. The highest BCUT2D eigenvalue weighted by molar-refractivity contribution is 5.77. The van der Waals surface area contributed by atoms with E-state index in [1.807, 2.05) is 20.8 Å². The largest absolute Gasteiger partial charge is 0.368 e. The smallest absolute Gasteiger partial charge is 0.246 e. The third-order valence-corrected chi connectivity index (χ3v) is 3.17. The minimum absolute atomic E-state index is 0.0196. The lowest BCUT2D eigenvalue weighted by Gasteiger charge is -2.34. The van der Waals surface area contributed by atoms with Crippen LogP contribution in [0.1, 0.15) is 47.5 Å². The zero-order chi connectivity index (χ0) is 13.8. The summed E-state index contributed by atoms with van der Waals surface area (Å²) in [6.07, 6.45) is 2.30. The number of nitrogens with zero attached hydrogens (tertiary/aromatic N) is 1. The molecule has 18 heavy (non-hydrogen) atoms. The molecule has 1 fully saturated rings. The van der Waals surface area contributed by atoms with E-state index >= 15 is 0 Å². The van der Waals surface area contributed by atoms with Gasteiger partial charge in [-0.2, -0.15) is 0 Å². The molecule has 1 rings (SSSR count). The van der Waals surface area contributed by atoms with Crippen LogP contribution in [-0.4, -0.2) is 48.2 Å². The highest BCUT2D eigenvalue weighted by Crippen LogP contribution is 2.15. The summed E-state index contributed by atoms with van der Waals surface area (Å²) >= 11 is 0. The molecular formula is C14H28N2O2. The zero-order valence-corrected chi connectivity index (χ0v) is 12.5. The van der Waals surface area contributed by atoms with E-state index < -0.39 is 0 Å². The summed E-state index contributed by atoms with van der Waals surface area (Å²) in [6, 6.07) is 0.607. The van der Waals surface area contributed by atoms with Crippen LogP contribution < -0.4 is 5.32 Å². The zero-order valence-electron chi connectivity index (χ0n) is 12.5. The maximum Gasteiger partial charge on any atom is 0.246 e. The Bertz CT molecular complexity index is 263. The molecule has 0 radical (unpaired) electrons. The Balaban J connectivity index is 2.20. The van der Waals surface area contributed by atoms with E-state index in [2.05, 4.69) is 24.1 Å². The van der Waals surface area contributed by atoms with Gasteiger partial charge in [-0.25, -0.2) is 0 Å². The molecule has 0 spiro atoms. The van der Waals surface area contributed by atoms with Gasteiger partial charge in [0.25, 0.3) is 0 Å². The molecule has 0 unspecified atom stereocenters. The van der Waals surface area contributed by atoms with Gasteiger partial charge in [-0.1, -0.05) is 0 Å². The van der Waals surface area contributed by atoms with E-state index in [1.54, 1.807) is 0 Å². The van der Waals surface area contributed by atoms with Gasteiger partial charge < -0.3 is 15.0 Å². The molecule has 1 N–H and O–H groups in total. The third kappa shape index (κ3) is 5.83. The summed E-state index contributed by atoms with van der Waals surface area (Å²) in [4.78, 5) is 14.1. The fourth-order valence-corrected chi connectivity index (χ4v) is 2.21. The van der Waals surface area contributed by atoms with Crippen LogP contribution in [0.2, 0.25) is 0 Å². The lowest BCUT2D eigenvalue weighted by Crippen LogP contribution is -2.44. The second-order valence-corrected chi connectivity index (χ2v) is 6.44. The van der Waals surface area contributed by atoms with Crippen LogP contribution in [0.15, 0.2) is 0 Å². The van der Waals surface area contributed by atoms with Crippen LogP contribution in [0.3, 0.4) is 0 Å². The summed E-state index contributed by atoms with van der Waals surface area (Å²) < 4.78 is 5.68. The molecule has 1 aliphatic rings. The third-order valence-electron chi connectivity index (χ3n) is 3.17. The van der Waals surface area contributed by atoms with Crippen molar-refractivity contribution in [3.8, 4) is 0 Å². The van der Waals surface area contributed by atoms with Gasteiger partial charge in [0.15, 0.2) is 0 Å². The van der Waals surface area contributed by atoms with E-state index in [0.717, 1.165) is 25.9 Å². The maximum absolute atomic E-state index is 11.6. The molecule has 1 saturated heterocycles. The highest BCUT2D eigenvalue weighted by atomic mass is 16.5. The summed E-state index contributed by atoms with van der Waals surface area (Å²) in [5.41, 5.74) is -0.179. The van der Waals surface area contributed by atoms with Crippen LogP contribution in [0.25, 0.3) is 0 Å². The predicted octanol–water partition coefficient (Wildman–Crippen LogP) is 1.79. The van der Waals surface area contributed by atoms with Gasteiger partial charge in [-0.3, -0.25) is 4.79 Å². The fourth-order valence-electron chi connectivity index (χ4n) is 2.21. The first kappa shape index (κ1) is 15.4. The van der Waals surface area contributed by atoms with Crippen molar-refractivity contribution in [2.45, 2.75) is 65.1 Å². The number of amides is 1. The van der Waals surface area contributed by atoms with Gasteiger partial charge >= 0.3 is 0 Å². The normalized spacial score (nSPS) is 19.2. The van der Waals surface area contributed by atoms with Gasteiger partial charge in [0.1, 0.15) is 6.61 Å². The second-order valence-electron chi connectivity index (χ2n) is 6.44. The average Bonchev–Trinajstić information content (AvgIpc) is 2.24. The molecule has 0 saturated carbocycles. The first-order valence-electron chi connectivity index (χ1n) is 6.94. The van der Waals surface area contributed by atoms with E-state index in [4.69, 9.17) is 4.74 Å². The highest BCUT2D eigenvalue weighted by Gasteiger charge is 2.22. The molecule has 4 heteroatoms. The minimum atomic E-state index is -0.179. The van der Waals surface area contributed by atoms with Crippen molar-refractivity contribution >= 4 is 5.91 Å². The second kappa shape index (κ2) is 6.53. The van der Waals surface area contributed by atoms with Gasteiger partial charge in [0, 0.05) is 24.7 Å². The van der Waals surface area contributed by atoms with Crippen molar-refractivity contribution < 1.29 is 9.53 Å². The molecule has 0 bridgehead atoms. The molecule has 1 amide bonds. The topological polar surface area (TPSA) is 41.6 Å². The Morgan fingerprint density at radius 3 is 2.33 bits per heavy atom. The predicted molar refractivity (Wildman–Crippen MR) is 73.6 cm³/mol. The number of hydrogen-bond acceptors (Lipinski definition) is 3. The summed E-state index contributed by atoms with van der Waals surface area (Å²) in [5, 5.41) is 2.91. The molecule has 1 aliphatic heterocycles. The Labute approximate surface area is 111 Å². The molecule has 0 aromatic heterocycles.